The topological polar surface area (TPSA) is 72.8 Å². The molecule has 1 fully saturated rings. The molecular formula is C14H19ClN2O3. The van der Waals surface area contributed by atoms with Crippen molar-refractivity contribution < 1.29 is 15.0 Å². The minimum atomic E-state index is -1.01. The molecule has 0 aromatic heterocycles. The summed E-state index contributed by atoms with van der Waals surface area (Å²) in [4.78, 5) is 13.1. The van der Waals surface area contributed by atoms with Crippen molar-refractivity contribution in [3.05, 3.63) is 29.3 Å². The van der Waals surface area contributed by atoms with Gasteiger partial charge in [0.2, 0.25) is 0 Å². The Hall–Kier alpha value is -1.30. The van der Waals surface area contributed by atoms with Crippen LogP contribution in [0.15, 0.2) is 24.3 Å². The second kappa shape index (κ2) is 6.92. The molecule has 0 radical (unpaired) electrons. The molecule has 0 unspecified atom stereocenters. The Morgan fingerprint density at radius 3 is 2.60 bits per heavy atom. The predicted molar refractivity (Wildman–Crippen MR) is 78.3 cm³/mol. The Labute approximate surface area is 123 Å². The van der Waals surface area contributed by atoms with Crippen LogP contribution in [0.1, 0.15) is 12.8 Å². The van der Waals surface area contributed by atoms with E-state index in [2.05, 4.69) is 10.2 Å². The van der Waals surface area contributed by atoms with E-state index in [0.717, 1.165) is 36.6 Å². The number of halogens is 1. The molecule has 1 aromatic carbocycles. The summed E-state index contributed by atoms with van der Waals surface area (Å²) >= 11 is 6.17. The van der Waals surface area contributed by atoms with Crippen LogP contribution >= 0.6 is 11.6 Å². The van der Waals surface area contributed by atoms with Crippen LogP contribution < -0.4 is 10.2 Å². The Balaban J connectivity index is 1.89. The van der Waals surface area contributed by atoms with E-state index >= 15 is 0 Å². The molecule has 1 aliphatic rings. The average molecular weight is 299 g/mol. The normalized spacial score (nSPS) is 18.0. The quantitative estimate of drug-likeness (QED) is 0.765. The smallest absolute Gasteiger partial charge is 0.323 e. The van der Waals surface area contributed by atoms with Crippen LogP contribution in [0, 0.1) is 0 Å². The molecule has 2 rings (SSSR count). The summed E-state index contributed by atoms with van der Waals surface area (Å²) in [5.41, 5.74) is 1.02. The summed E-state index contributed by atoms with van der Waals surface area (Å²) < 4.78 is 0. The molecule has 0 amide bonds. The first kappa shape index (κ1) is 15.1. The van der Waals surface area contributed by atoms with Crippen molar-refractivity contribution in [2.24, 2.45) is 0 Å². The molecule has 0 aliphatic carbocycles. The Bertz CT molecular complexity index is 461. The molecule has 0 bridgehead atoms. The lowest BCUT2D eigenvalue weighted by atomic mass is 10.0. The lowest BCUT2D eigenvalue weighted by Gasteiger charge is -2.35. The standard InChI is InChI=1S/C14H19ClN2O3/c15-11-3-1-2-4-13(11)17-7-5-10(6-8-17)16-12(9-18)14(19)20/h1-4,10,12,16,18H,5-9H2,(H,19,20)/t12-/m1/s1. The fraction of sp³-hybridized carbons (Fsp3) is 0.500. The number of nitrogens with zero attached hydrogens (tertiary/aromatic N) is 1. The van der Waals surface area contributed by atoms with Crippen LogP contribution in [0.3, 0.4) is 0 Å². The molecule has 5 nitrogen and oxygen atoms in total. The van der Waals surface area contributed by atoms with Gasteiger partial charge in [0, 0.05) is 19.1 Å². The van der Waals surface area contributed by atoms with E-state index in [4.69, 9.17) is 21.8 Å². The average Bonchev–Trinajstić information content (AvgIpc) is 2.46. The van der Waals surface area contributed by atoms with E-state index in [1.165, 1.54) is 0 Å². The third kappa shape index (κ3) is 3.62. The largest absolute Gasteiger partial charge is 0.480 e. The summed E-state index contributed by atoms with van der Waals surface area (Å²) in [5.74, 6) is -1.01. The highest BCUT2D eigenvalue weighted by Crippen LogP contribution is 2.27. The number of para-hydroxylation sites is 1. The SMILES string of the molecule is O=C(O)[C@@H](CO)NC1CCN(c2ccccc2Cl)CC1. The van der Waals surface area contributed by atoms with Gasteiger partial charge in [0.1, 0.15) is 6.04 Å². The van der Waals surface area contributed by atoms with Gasteiger partial charge in [-0.05, 0) is 25.0 Å². The number of nitrogens with one attached hydrogen (secondary N) is 1. The van der Waals surface area contributed by atoms with Gasteiger partial charge in [0.05, 0.1) is 17.3 Å². The van der Waals surface area contributed by atoms with Gasteiger partial charge in [-0.15, -0.1) is 0 Å². The van der Waals surface area contributed by atoms with Gasteiger partial charge in [-0.2, -0.15) is 0 Å². The van der Waals surface area contributed by atoms with Crippen molar-refractivity contribution in [1.82, 2.24) is 5.32 Å². The molecule has 1 atom stereocenters. The molecule has 3 N–H and O–H groups in total. The number of hydrogen-bond donors (Lipinski definition) is 3. The van der Waals surface area contributed by atoms with Crippen LogP contribution in [0.25, 0.3) is 0 Å². The minimum absolute atomic E-state index is 0.113. The van der Waals surface area contributed by atoms with E-state index in [1.54, 1.807) is 0 Å². The lowest BCUT2D eigenvalue weighted by Crippen LogP contribution is -2.50. The molecule has 0 saturated carbocycles. The minimum Gasteiger partial charge on any atom is -0.480 e. The summed E-state index contributed by atoms with van der Waals surface area (Å²) in [6.45, 7) is 1.25. The molecule has 1 aliphatic heterocycles. The van der Waals surface area contributed by atoms with Gasteiger partial charge in [-0.25, -0.2) is 0 Å². The molecule has 20 heavy (non-hydrogen) atoms. The number of aliphatic hydroxyl groups is 1. The van der Waals surface area contributed by atoms with Crippen molar-refractivity contribution in [2.45, 2.75) is 24.9 Å². The number of hydrogen-bond acceptors (Lipinski definition) is 4. The highest BCUT2D eigenvalue weighted by molar-refractivity contribution is 6.33. The maximum Gasteiger partial charge on any atom is 0.323 e. The molecule has 1 saturated heterocycles. The van der Waals surface area contributed by atoms with Crippen molar-refractivity contribution in [1.29, 1.82) is 0 Å². The van der Waals surface area contributed by atoms with Gasteiger partial charge in [-0.3, -0.25) is 10.1 Å². The Kier molecular flexibility index (Phi) is 5.23. The third-order valence-corrected chi connectivity index (χ3v) is 3.93. The number of benzene rings is 1. The van der Waals surface area contributed by atoms with E-state index < -0.39 is 12.0 Å². The predicted octanol–water partition coefficient (Wildman–Crippen LogP) is 1.34. The molecule has 110 valence electrons. The highest BCUT2D eigenvalue weighted by Gasteiger charge is 2.25. The fourth-order valence-electron chi connectivity index (χ4n) is 2.48. The second-order valence-electron chi connectivity index (χ2n) is 4.95. The number of piperidine rings is 1. The van der Waals surface area contributed by atoms with E-state index in [-0.39, 0.29) is 12.6 Å². The van der Waals surface area contributed by atoms with Gasteiger partial charge < -0.3 is 15.1 Å². The zero-order valence-electron chi connectivity index (χ0n) is 11.1. The van der Waals surface area contributed by atoms with E-state index in [1.807, 2.05) is 24.3 Å². The van der Waals surface area contributed by atoms with Crippen LogP contribution in [0.4, 0.5) is 5.69 Å². The van der Waals surface area contributed by atoms with Crippen LogP contribution in [0.5, 0.6) is 0 Å². The Morgan fingerprint density at radius 2 is 2.05 bits per heavy atom. The van der Waals surface area contributed by atoms with Crippen molar-refractivity contribution in [2.75, 3.05) is 24.6 Å². The third-order valence-electron chi connectivity index (χ3n) is 3.61. The number of carboxylic acid groups (broad SMARTS) is 1. The van der Waals surface area contributed by atoms with Gasteiger partial charge in [-0.1, -0.05) is 23.7 Å². The lowest BCUT2D eigenvalue weighted by molar-refractivity contribution is -0.140. The molecule has 6 heteroatoms. The van der Waals surface area contributed by atoms with E-state index in [9.17, 15) is 4.79 Å². The molecule has 0 spiro atoms. The van der Waals surface area contributed by atoms with Crippen LogP contribution in [0.2, 0.25) is 5.02 Å². The molecular weight excluding hydrogens is 280 g/mol. The molecule has 1 aromatic rings. The zero-order valence-corrected chi connectivity index (χ0v) is 11.9. The van der Waals surface area contributed by atoms with Crippen molar-refractivity contribution in [3.8, 4) is 0 Å². The highest BCUT2D eigenvalue weighted by atomic mass is 35.5. The van der Waals surface area contributed by atoms with E-state index in [0.29, 0.717) is 0 Å². The van der Waals surface area contributed by atoms with Crippen molar-refractivity contribution in [3.63, 3.8) is 0 Å². The van der Waals surface area contributed by atoms with Gasteiger partial charge in [0.25, 0.3) is 0 Å². The first-order chi connectivity index (χ1) is 9.61. The maximum atomic E-state index is 10.9. The van der Waals surface area contributed by atoms with Crippen LogP contribution in [-0.2, 0) is 4.79 Å². The number of rotatable bonds is 5. The number of carboxylic acids is 1. The number of carbonyl (C=O) groups is 1. The van der Waals surface area contributed by atoms with Gasteiger partial charge >= 0.3 is 5.97 Å². The number of aliphatic carboxylic acids is 1. The number of aliphatic hydroxyl groups excluding tert-OH is 1. The summed E-state index contributed by atoms with van der Waals surface area (Å²) in [5, 5.41) is 21.7. The zero-order chi connectivity index (χ0) is 14.5. The summed E-state index contributed by atoms with van der Waals surface area (Å²) in [6.07, 6.45) is 1.66. The first-order valence-electron chi connectivity index (χ1n) is 6.71. The monoisotopic (exact) mass is 298 g/mol. The van der Waals surface area contributed by atoms with Gasteiger partial charge in [0.15, 0.2) is 0 Å². The van der Waals surface area contributed by atoms with Crippen molar-refractivity contribution >= 4 is 23.3 Å². The van der Waals surface area contributed by atoms with Crippen LogP contribution in [-0.4, -0.2) is 48.0 Å². The maximum absolute atomic E-state index is 10.9. The number of anilines is 1. The summed E-state index contributed by atoms with van der Waals surface area (Å²) in [7, 11) is 0. The Morgan fingerprint density at radius 1 is 1.40 bits per heavy atom. The second-order valence-corrected chi connectivity index (χ2v) is 5.36. The summed E-state index contributed by atoms with van der Waals surface area (Å²) in [6, 6.07) is 6.95. The fourth-order valence-corrected chi connectivity index (χ4v) is 2.74. The first-order valence-corrected chi connectivity index (χ1v) is 7.09. The molecule has 1 heterocycles.